The topological polar surface area (TPSA) is 59.4 Å². The molecule has 0 aromatic heterocycles. The molecule has 8 heteroatoms. The predicted octanol–water partition coefficient (Wildman–Crippen LogP) is 3.62. The third kappa shape index (κ3) is 7.40. The van der Waals surface area contributed by atoms with Gasteiger partial charge in [-0.15, -0.1) is 0 Å². The van der Waals surface area contributed by atoms with Gasteiger partial charge in [0.05, 0.1) is 12.2 Å². The third-order valence-electron chi connectivity index (χ3n) is 6.91. The van der Waals surface area contributed by atoms with Gasteiger partial charge in [0.25, 0.3) is 0 Å². The first-order valence-electron chi connectivity index (χ1n) is 12.1. The van der Waals surface area contributed by atoms with E-state index in [0.717, 1.165) is 98.1 Å². The summed E-state index contributed by atoms with van der Waals surface area (Å²) >= 11 is 9.59. The van der Waals surface area contributed by atoms with E-state index in [1.807, 2.05) is 36.4 Å². The molecule has 2 N–H and O–H groups in total. The lowest BCUT2D eigenvalue weighted by atomic mass is 9.90. The van der Waals surface area contributed by atoms with E-state index < -0.39 is 5.60 Å². The molecule has 2 heterocycles. The van der Waals surface area contributed by atoms with Crippen molar-refractivity contribution < 1.29 is 14.9 Å². The summed E-state index contributed by atoms with van der Waals surface area (Å²) in [5.74, 6) is 0.889. The second-order valence-corrected chi connectivity index (χ2v) is 10.9. The molecule has 0 saturated carbocycles. The highest BCUT2D eigenvalue weighted by atomic mass is 79.9. The Morgan fingerprint density at radius 1 is 0.912 bits per heavy atom. The number of hydrogen-bond acceptors (Lipinski definition) is 6. The van der Waals surface area contributed by atoms with Crippen molar-refractivity contribution in [2.24, 2.45) is 0 Å². The molecule has 0 aliphatic carbocycles. The molecule has 2 aromatic rings. The number of piperazine rings is 1. The largest absolute Gasteiger partial charge is 0.489 e. The number of hydrogen-bond donors (Lipinski definition) is 2. The number of piperidine rings is 1. The summed E-state index contributed by atoms with van der Waals surface area (Å²) in [5.41, 5.74) is 1.60. The van der Waals surface area contributed by atoms with Crippen LogP contribution in [-0.4, -0.2) is 89.5 Å². The Kier molecular flexibility index (Phi) is 9.27. The van der Waals surface area contributed by atoms with Crippen LogP contribution in [0.1, 0.15) is 24.0 Å². The number of rotatable bonds is 9. The van der Waals surface area contributed by atoms with Crippen LogP contribution in [0.15, 0.2) is 46.9 Å². The molecule has 2 aromatic carbocycles. The number of likely N-dealkylation sites (tertiary alicyclic amines) is 1. The second-order valence-electron chi connectivity index (χ2n) is 9.51. The zero-order valence-corrected chi connectivity index (χ0v) is 22.0. The Hall–Kier alpha value is -1.19. The molecule has 2 aliphatic heterocycles. The van der Waals surface area contributed by atoms with Gasteiger partial charge in [0.2, 0.25) is 0 Å². The maximum Gasteiger partial charge on any atom is 0.124 e. The normalized spacial score (nSPS) is 19.9. The number of β-amino-alcohol motifs (C(OH)–C–C–N with tert-alkyl or cyclic N) is 2. The van der Waals surface area contributed by atoms with Crippen LogP contribution in [0.25, 0.3) is 0 Å². The molecule has 0 amide bonds. The fourth-order valence-electron chi connectivity index (χ4n) is 4.81. The number of ether oxygens (including phenoxy) is 1. The van der Waals surface area contributed by atoms with Crippen molar-refractivity contribution in [3.8, 4) is 5.75 Å². The minimum Gasteiger partial charge on any atom is -0.489 e. The SMILES string of the molecule is OCCN1CCN(CC2(O)CCN(Cc3cc(Br)ccc3OCc3ccc(Cl)cc3)CC2)CC1. The summed E-state index contributed by atoms with van der Waals surface area (Å²) in [4.78, 5) is 7.07. The molecule has 0 radical (unpaired) electrons. The molecule has 6 nitrogen and oxygen atoms in total. The Bertz CT molecular complexity index is 914. The molecule has 0 atom stereocenters. The molecular formula is C26H35BrClN3O3. The van der Waals surface area contributed by atoms with Gasteiger partial charge in [0.15, 0.2) is 0 Å². The molecule has 0 spiro atoms. The van der Waals surface area contributed by atoms with Crippen molar-refractivity contribution in [3.05, 3.63) is 63.1 Å². The lowest BCUT2D eigenvalue weighted by Gasteiger charge is -2.43. The van der Waals surface area contributed by atoms with E-state index in [4.69, 9.17) is 21.4 Å². The van der Waals surface area contributed by atoms with E-state index in [-0.39, 0.29) is 6.61 Å². The van der Waals surface area contributed by atoms with E-state index in [1.165, 1.54) is 0 Å². The number of benzene rings is 2. The molecule has 0 bridgehead atoms. The first-order chi connectivity index (χ1) is 16.4. The van der Waals surface area contributed by atoms with Crippen LogP contribution in [-0.2, 0) is 13.2 Å². The van der Waals surface area contributed by atoms with Crippen LogP contribution in [0.5, 0.6) is 5.75 Å². The third-order valence-corrected chi connectivity index (χ3v) is 7.66. The molecule has 2 fully saturated rings. The molecule has 34 heavy (non-hydrogen) atoms. The van der Waals surface area contributed by atoms with Crippen LogP contribution >= 0.6 is 27.5 Å². The van der Waals surface area contributed by atoms with Crippen LogP contribution in [0.3, 0.4) is 0 Å². The summed E-state index contributed by atoms with van der Waals surface area (Å²) in [6.07, 6.45) is 1.55. The lowest BCUT2D eigenvalue weighted by molar-refractivity contribution is -0.0542. The average molecular weight is 553 g/mol. The molecule has 0 unspecified atom stereocenters. The second kappa shape index (κ2) is 12.2. The van der Waals surface area contributed by atoms with Gasteiger partial charge in [-0.3, -0.25) is 14.7 Å². The smallest absolute Gasteiger partial charge is 0.124 e. The number of nitrogens with zero attached hydrogens (tertiary/aromatic N) is 3. The van der Waals surface area contributed by atoms with Crippen molar-refractivity contribution in [1.29, 1.82) is 0 Å². The summed E-state index contributed by atoms with van der Waals surface area (Å²) < 4.78 is 7.20. The van der Waals surface area contributed by atoms with E-state index >= 15 is 0 Å². The minimum absolute atomic E-state index is 0.214. The monoisotopic (exact) mass is 551 g/mol. The summed E-state index contributed by atoms with van der Waals surface area (Å²) in [6.45, 7) is 8.56. The molecule has 4 rings (SSSR count). The molecule has 2 saturated heterocycles. The van der Waals surface area contributed by atoms with Gasteiger partial charge in [0.1, 0.15) is 12.4 Å². The van der Waals surface area contributed by atoms with Gasteiger partial charge >= 0.3 is 0 Å². The first-order valence-corrected chi connectivity index (χ1v) is 13.3. The van der Waals surface area contributed by atoms with E-state index in [9.17, 15) is 5.11 Å². The van der Waals surface area contributed by atoms with Crippen molar-refractivity contribution in [2.45, 2.75) is 31.6 Å². The zero-order chi connectivity index (χ0) is 24.0. The van der Waals surface area contributed by atoms with E-state index in [1.54, 1.807) is 0 Å². The summed E-state index contributed by atoms with van der Waals surface area (Å²) in [6, 6.07) is 13.9. The molecular weight excluding hydrogens is 518 g/mol. The van der Waals surface area contributed by atoms with Crippen LogP contribution < -0.4 is 4.74 Å². The Labute approximate surface area is 216 Å². The van der Waals surface area contributed by atoms with Crippen molar-refractivity contribution in [3.63, 3.8) is 0 Å². The Morgan fingerprint density at radius 2 is 1.59 bits per heavy atom. The van der Waals surface area contributed by atoms with Crippen molar-refractivity contribution in [1.82, 2.24) is 14.7 Å². The number of aliphatic hydroxyl groups is 2. The maximum atomic E-state index is 11.2. The highest BCUT2D eigenvalue weighted by Gasteiger charge is 2.35. The van der Waals surface area contributed by atoms with Gasteiger partial charge in [-0.2, -0.15) is 0 Å². The van der Waals surface area contributed by atoms with Crippen LogP contribution in [0.2, 0.25) is 5.02 Å². The van der Waals surface area contributed by atoms with Gasteiger partial charge in [-0.05, 0) is 48.7 Å². The van der Waals surface area contributed by atoms with Crippen molar-refractivity contribution in [2.75, 3.05) is 59.0 Å². The fourth-order valence-corrected chi connectivity index (χ4v) is 5.34. The first kappa shape index (κ1) is 25.9. The molecule has 186 valence electrons. The minimum atomic E-state index is -0.624. The number of aliphatic hydroxyl groups excluding tert-OH is 1. The summed E-state index contributed by atoms with van der Waals surface area (Å²) in [5, 5.41) is 21.1. The van der Waals surface area contributed by atoms with E-state index in [0.29, 0.717) is 6.61 Å². The molecule has 2 aliphatic rings. The zero-order valence-electron chi connectivity index (χ0n) is 19.6. The quantitative estimate of drug-likeness (QED) is 0.496. The maximum absolute atomic E-state index is 11.2. The van der Waals surface area contributed by atoms with Crippen LogP contribution in [0.4, 0.5) is 0 Å². The average Bonchev–Trinajstić information content (AvgIpc) is 2.83. The highest BCUT2D eigenvalue weighted by molar-refractivity contribution is 9.10. The van der Waals surface area contributed by atoms with Gasteiger partial charge in [-0.25, -0.2) is 0 Å². The summed E-state index contributed by atoms with van der Waals surface area (Å²) in [7, 11) is 0. The van der Waals surface area contributed by atoms with Crippen LogP contribution in [0, 0.1) is 0 Å². The fraction of sp³-hybridized carbons (Fsp3) is 0.538. The van der Waals surface area contributed by atoms with Crippen molar-refractivity contribution >= 4 is 27.5 Å². The van der Waals surface area contributed by atoms with Gasteiger partial charge in [-0.1, -0.05) is 39.7 Å². The van der Waals surface area contributed by atoms with Gasteiger partial charge < -0.3 is 14.9 Å². The van der Waals surface area contributed by atoms with Gasteiger partial charge in [0, 0.05) is 74.0 Å². The highest BCUT2D eigenvalue weighted by Crippen LogP contribution is 2.29. The Morgan fingerprint density at radius 3 is 2.26 bits per heavy atom. The standard InChI is InChI=1S/C26H35BrClN3O3/c27-23-3-6-25(34-19-21-1-4-24(28)5-2-21)22(17-23)18-30-9-7-26(33,8-10-30)20-31-13-11-29(12-14-31)15-16-32/h1-6,17,32-33H,7-16,18-20H2. The lowest BCUT2D eigenvalue weighted by Crippen LogP contribution is -2.55. The predicted molar refractivity (Wildman–Crippen MR) is 139 cm³/mol. The van der Waals surface area contributed by atoms with E-state index in [2.05, 4.69) is 36.7 Å². The number of halogens is 2. The Balaban J connectivity index is 1.28.